The first-order valence-corrected chi connectivity index (χ1v) is 8.57. The van der Waals surface area contributed by atoms with Gasteiger partial charge in [0.1, 0.15) is 0 Å². The molecule has 3 rings (SSSR count). The lowest BCUT2D eigenvalue weighted by Crippen LogP contribution is -2.39. The van der Waals surface area contributed by atoms with Gasteiger partial charge in [-0.3, -0.25) is 4.79 Å². The van der Waals surface area contributed by atoms with Crippen LogP contribution in [0.4, 0.5) is 0 Å². The SMILES string of the molecule is O=C(c1csc(I)c1)C1CCOC2(CCCC2)C1. The quantitative estimate of drug-likeness (QED) is 0.569. The lowest BCUT2D eigenvalue weighted by molar-refractivity contribution is -0.0866. The molecule has 1 aromatic heterocycles. The van der Waals surface area contributed by atoms with E-state index in [9.17, 15) is 4.79 Å². The Morgan fingerprint density at radius 3 is 2.89 bits per heavy atom. The van der Waals surface area contributed by atoms with Crippen LogP contribution in [-0.4, -0.2) is 18.0 Å². The molecule has 2 fully saturated rings. The standard InChI is InChI=1S/C14H17IO2S/c15-12-7-11(9-18-12)13(16)10-3-6-17-14(8-10)4-1-2-5-14/h7,9-10H,1-6,8H2. The summed E-state index contributed by atoms with van der Waals surface area (Å²) in [6.07, 6.45) is 6.66. The molecule has 1 saturated heterocycles. The van der Waals surface area contributed by atoms with Crippen LogP contribution in [0.5, 0.6) is 0 Å². The van der Waals surface area contributed by atoms with Crippen LogP contribution in [0, 0.1) is 8.80 Å². The maximum absolute atomic E-state index is 12.5. The Bertz CT molecular complexity index is 448. The van der Waals surface area contributed by atoms with Crippen LogP contribution in [0.3, 0.4) is 0 Å². The van der Waals surface area contributed by atoms with Gasteiger partial charge in [0, 0.05) is 23.5 Å². The molecule has 0 aromatic carbocycles. The monoisotopic (exact) mass is 376 g/mol. The molecule has 0 N–H and O–H groups in total. The number of carbonyl (C=O) groups excluding carboxylic acids is 1. The third kappa shape index (κ3) is 2.51. The topological polar surface area (TPSA) is 26.3 Å². The second kappa shape index (κ2) is 5.21. The highest BCUT2D eigenvalue weighted by atomic mass is 127. The van der Waals surface area contributed by atoms with Crippen LogP contribution in [0.25, 0.3) is 0 Å². The Morgan fingerprint density at radius 2 is 2.22 bits per heavy atom. The fourth-order valence-corrected chi connectivity index (χ4v) is 4.63. The van der Waals surface area contributed by atoms with Gasteiger partial charge in [-0.05, 0) is 54.3 Å². The molecule has 1 aromatic rings. The molecule has 1 atom stereocenters. The Hall–Kier alpha value is 0.0600. The zero-order valence-corrected chi connectivity index (χ0v) is 13.3. The van der Waals surface area contributed by atoms with Crippen molar-refractivity contribution in [3.63, 3.8) is 0 Å². The normalized spacial score (nSPS) is 26.6. The van der Waals surface area contributed by atoms with Gasteiger partial charge in [0.15, 0.2) is 5.78 Å². The second-order valence-electron chi connectivity index (χ2n) is 5.43. The summed E-state index contributed by atoms with van der Waals surface area (Å²) in [6.45, 7) is 0.762. The third-order valence-electron chi connectivity index (χ3n) is 4.23. The summed E-state index contributed by atoms with van der Waals surface area (Å²) in [5, 5.41) is 2.00. The zero-order chi connectivity index (χ0) is 12.6. The average molecular weight is 376 g/mol. The van der Waals surface area contributed by atoms with Crippen molar-refractivity contribution in [1.29, 1.82) is 0 Å². The number of thiophene rings is 1. The predicted molar refractivity (Wildman–Crippen MR) is 81.2 cm³/mol. The number of hydrogen-bond donors (Lipinski definition) is 0. The summed E-state index contributed by atoms with van der Waals surface area (Å²) in [6, 6.07) is 2.02. The fourth-order valence-electron chi connectivity index (χ4n) is 3.29. The Balaban J connectivity index is 1.74. The number of ketones is 1. The van der Waals surface area contributed by atoms with Crippen LogP contribution in [0.15, 0.2) is 11.4 Å². The molecule has 0 radical (unpaired) electrons. The minimum absolute atomic E-state index is 0.0434. The predicted octanol–water partition coefficient (Wildman–Crippen LogP) is 4.27. The summed E-state index contributed by atoms with van der Waals surface area (Å²) in [5.74, 6) is 0.519. The lowest BCUT2D eigenvalue weighted by atomic mass is 9.81. The number of hydrogen-bond acceptors (Lipinski definition) is 3. The van der Waals surface area contributed by atoms with E-state index in [0.29, 0.717) is 5.78 Å². The third-order valence-corrected chi connectivity index (χ3v) is 6.02. The van der Waals surface area contributed by atoms with Crippen LogP contribution >= 0.6 is 33.9 Å². The first kappa shape index (κ1) is 13.1. The second-order valence-corrected chi connectivity index (χ2v) is 8.24. The van der Waals surface area contributed by atoms with Crippen molar-refractivity contribution in [3.05, 3.63) is 19.9 Å². The molecule has 1 aliphatic heterocycles. The Labute approximate surface area is 125 Å². The summed E-state index contributed by atoms with van der Waals surface area (Å²) in [4.78, 5) is 12.5. The summed E-state index contributed by atoms with van der Waals surface area (Å²) >= 11 is 3.93. The van der Waals surface area contributed by atoms with E-state index in [1.54, 1.807) is 11.3 Å². The van der Waals surface area contributed by atoms with Gasteiger partial charge in [-0.2, -0.15) is 0 Å². The van der Waals surface area contributed by atoms with Gasteiger partial charge < -0.3 is 4.74 Å². The molecule has 18 heavy (non-hydrogen) atoms. The van der Waals surface area contributed by atoms with Crippen LogP contribution < -0.4 is 0 Å². The van der Waals surface area contributed by atoms with E-state index in [-0.39, 0.29) is 11.5 Å². The van der Waals surface area contributed by atoms with Crippen molar-refractivity contribution >= 4 is 39.7 Å². The highest BCUT2D eigenvalue weighted by Crippen LogP contribution is 2.42. The zero-order valence-electron chi connectivity index (χ0n) is 10.3. The van der Waals surface area contributed by atoms with Crippen LogP contribution in [0.2, 0.25) is 0 Å². The number of halogens is 1. The van der Waals surface area contributed by atoms with Gasteiger partial charge in [0.25, 0.3) is 0 Å². The molecule has 1 unspecified atom stereocenters. The molecule has 4 heteroatoms. The molecule has 98 valence electrons. The summed E-state index contributed by atoms with van der Waals surface area (Å²) < 4.78 is 7.19. The van der Waals surface area contributed by atoms with Gasteiger partial charge >= 0.3 is 0 Å². The maximum Gasteiger partial charge on any atom is 0.167 e. The van der Waals surface area contributed by atoms with Crippen molar-refractivity contribution in [2.75, 3.05) is 6.61 Å². The van der Waals surface area contributed by atoms with Gasteiger partial charge in [-0.1, -0.05) is 12.8 Å². The first-order chi connectivity index (χ1) is 8.69. The molecule has 0 bridgehead atoms. The van der Waals surface area contributed by atoms with E-state index in [1.807, 2.05) is 11.4 Å². The molecule has 2 aliphatic rings. The molecule has 0 amide bonds. The van der Waals surface area contributed by atoms with Crippen molar-refractivity contribution in [1.82, 2.24) is 0 Å². The highest BCUT2D eigenvalue weighted by molar-refractivity contribution is 14.1. The van der Waals surface area contributed by atoms with E-state index >= 15 is 0 Å². The van der Waals surface area contributed by atoms with Crippen molar-refractivity contribution in [2.45, 2.75) is 44.1 Å². The molecule has 2 nitrogen and oxygen atoms in total. The molecule has 1 spiro atoms. The summed E-state index contributed by atoms with van der Waals surface area (Å²) in [7, 11) is 0. The van der Waals surface area contributed by atoms with Gasteiger partial charge in [-0.15, -0.1) is 11.3 Å². The minimum Gasteiger partial charge on any atom is -0.375 e. The fraction of sp³-hybridized carbons (Fsp3) is 0.643. The number of carbonyl (C=O) groups is 1. The minimum atomic E-state index is 0.0434. The molecular formula is C14H17IO2S. The molecule has 1 saturated carbocycles. The number of ether oxygens (including phenoxy) is 1. The number of rotatable bonds is 2. The molecule has 2 heterocycles. The van der Waals surface area contributed by atoms with Gasteiger partial charge in [-0.25, -0.2) is 0 Å². The lowest BCUT2D eigenvalue weighted by Gasteiger charge is -2.37. The smallest absolute Gasteiger partial charge is 0.167 e. The summed E-state index contributed by atoms with van der Waals surface area (Å²) in [5.41, 5.74) is 0.950. The Morgan fingerprint density at radius 1 is 1.44 bits per heavy atom. The van der Waals surface area contributed by atoms with Crippen LogP contribution in [-0.2, 0) is 4.74 Å². The van der Waals surface area contributed by atoms with Crippen molar-refractivity contribution in [3.8, 4) is 0 Å². The average Bonchev–Trinajstić information content (AvgIpc) is 2.98. The Kier molecular flexibility index (Phi) is 3.78. The highest BCUT2D eigenvalue weighted by Gasteiger charge is 2.42. The van der Waals surface area contributed by atoms with E-state index in [1.165, 1.54) is 15.7 Å². The molecule has 1 aliphatic carbocycles. The largest absolute Gasteiger partial charge is 0.375 e. The van der Waals surface area contributed by atoms with Gasteiger partial charge in [0.2, 0.25) is 0 Å². The van der Waals surface area contributed by atoms with E-state index in [2.05, 4.69) is 22.6 Å². The van der Waals surface area contributed by atoms with E-state index < -0.39 is 0 Å². The van der Waals surface area contributed by atoms with Crippen molar-refractivity contribution < 1.29 is 9.53 Å². The van der Waals surface area contributed by atoms with Gasteiger partial charge in [0.05, 0.1) is 8.48 Å². The molecular weight excluding hydrogens is 359 g/mol. The van der Waals surface area contributed by atoms with E-state index in [4.69, 9.17) is 4.74 Å². The number of Topliss-reactive ketones (excluding diaryl/α,β-unsaturated/α-hetero) is 1. The van der Waals surface area contributed by atoms with E-state index in [0.717, 1.165) is 37.9 Å². The van der Waals surface area contributed by atoms with Crippen molar-refractivity contribution in [2.24, 2.45) is 5.92 Å². The first-order valence-electron chi connectivity index (χ1n) is 6.61. The van der Waals surface area contributed by atoms with Crippen LogP contribution in [0.1, 0.15) is 48.9 Å². The maximum atomic E-state index is 12.5.